The third-order valence-electron chi connectivity index (χ3n) is 3.78. The average molecular weight is 264 g/mol. The Hall–Kier alpha value is -1.62. The van der Waals surface area contributed by atoms with Gasteiger partial charge in [0.15, 0.2) is 5.58 Å². The van der Waals surface area contributed by atoms with Gasteiger partial charge >= 0.3 is 0 Å². The third-order valence-corrected chi connectivity index (χ3v) is 3.78. The normalized spacial score (nSPS) is 23.7. The lowest BCUT2D eigenvalue weighted by molar-refractivity contribution is 0.185. The molecule has 102 valence electrons. The van der Waals surface area contributed by atoms with Gasteiger partial charge in [0.2, 0.25) is 0 Å². The molecular formula is C14H17FN2O2. The van der Waals surface area contributed by atoms with Gasteiger partial charge in [-0.15, -0.1) is 0 Å². The van der Waals surface area contributed by atoms with Gasteiger partial charge in [0.05, 0.1) is 0 Å². The summed E-state index contributed by atoms with van der Waals surface area (Å²) in [6.07, 6.45) is 4.03. The van der Waals surface area contributed by atoms with Crippen LogP contribution in [0.1, 0.15) is 25.7 Å². The molecule has 1 heterocycles. The Morgan fingerprint density at radius 3 is 2.84 bits per heavy atom. The van der Waals surface area contributed by atoms with Gasteiger partial charge in [-0.3, -0.25) is 0 Å². The summed E-state index contributed by atoms with van der Waals surface area (Å²) in [4.78, 5) is 4.24. The van der Waals surface area contributed by atoms with Crippen LogP contribution in [0.15, 0.2) is 22.6 Å². The maximum absolute atomic E-state index is 13.1. The smallest absolute Gasteiger partial charge is 0.295 e. The van der Waals surface area contributed by atoms with Crippen LogP contribution in [0.2, 0.25) is 0 Å². The first-order valence-corrected chi connectivity index (χ1v) is 6.68. The van der Waals surface area contributed by atoms with Crippen molar-refractivity contribution < 1.29 is 13.9 Å². The number of nitrogens with zero attached hydrogens (tertiary/aromatic N) is 1. The number of nitrogens with one attached hydrogen (secondary N) is 1. The Morgan fingerprint density at radius 1 is 1.32 bits per heavy atom. The molecule has 0 saturated heterocycles. The Bertz CT molecular complexity index is 562. The maximum Gasteiger partial charge on any atom is 0.295 e. The molecule has 3 rings (SSSR count). The van der Waals surface area contributed by atoms with Gasteiger partial charge in [-0.25, -0.2) is 4.39 Å². The van der Waals surface area contributed by atoms with E-state index in [1.807, 2.05) is 0 Å². The zero-order valence-corrected chi connectivity index (χ0v) is 10.6. The van der Waals surface area contributed by atoms with Gasteiger partial charge in [0.1, 0.15) is 11.3 Å². The van der Waals surface area contributed by atoms with E-state index in [-0.39, 0.29) is 12.4 Å². The number of aliphatic hydroxyl groups is 1. The maximum atomic E-state index is 13.1. The molecule has 0 bridgehead atoms. The monoisotopic (exact) mass is 264 g/mol. The first kappa shape index (κ1) is 12.4. The molecule has 0 radical (unpaired) electrons. The van der Waals surface area contributed by atoms with Crippen LogP contribution in [0.25, 0.3) is 11.1 Å². The van der Waals surface area contributed by atoms with E-state index < -0.39 is 0 Å². The second kappa shape index (κ2) is 5.17. The highest BCUT2D eigenvalue weighted by atomic mass is 19.1. The van der Waals surface area contributed by atoms with Gasteiger partial charge in [-0.1, -0.05) is 0 Å². The number of aliphatic hydroxyl groups excluding tert-OH is 1. The Kier molecular flexibility index (Phi) is 3.38. The standard InChI is InChI=1S/C14H17FN2O2/c15-10-3-6-13-12(7-10)17-14(19-13)16-11-4-1-9(8-18)2-5-11/h3,6-7,9,11,18H,1-2,4-5,8H2,(H,16,17). The van der Waals surface area contributed by atoms with E-state index in [2.05, 4.69) is 10.3 Å². The molecule has 0 atom stereocenters. The summed E-state index contributed by atoms with van der Waals surface area (Å²) in [5, 5.41) is 12.4. The van der Waals surface area contributed by atoms with Gasteiger partial charge in [-0.05, 0) is 43.7 Å². The quantitative estimate of drug-likeness (QED) is 0.895. The van der Waals surface area contributed by atoms with Gasteiger partial charge < -0.3 is 14.8 Å². The molecule has 1 saturated carbocycles. The fourth-order valence-electron chi connectivity index (χ4n) is 2.63. The van der Waals surface area contributed by atoms with E-state index in [1.54, 1.807) is 6.07 Å². The predicted octanol–water partition coefficient (Wildman–Crippen LogP) is 2.93. The topological polar surface area (TPSA) is 58.3 Å². The highest BCUT2D eigenvalue weighted by Gasteiger charge is 2.21. The van der Waals surface area contributed by atoms with Gasteiger partial charge in [0.25, 0.3) is 6.01 Å². The first-order valence-electron chi connectivity index (χ1n) is 6.68. The summed E-state index contributed by atoms with van der Waals surface area (Å²) < 4.78 is 18.6. The van der Waals surface area contributed by atoms with Crippen molar-refractivity contribution in [2.45, 2.75) is 31.7 Å². The summed E-state index contributed by atoms with van der Waals surface area (Å²) in [6, 6.07) is 5.09. The zero-order chi connectivity index (χ0) is 13.2. The molecule has 0 unspecified atom stereocenters. The molecule has 0 amide bonds. The molecule has 1 aliphatic carbocycles. The van der Waals surface area contributed by atoms with Crippen LogP contribution in [0.4, 0.5) is 10.4 Å². The highest BCUT2D eigenvalue weighted by molar-refractivity contribution is 5.74. The molecule has 1 fully saturated rings. The van der Waals surface area contributed by atoms with Crippen molar-refractivity contribution in [1.29, 1.82) is 0 Å². The summed E-state index contributed by atoms with van der Waals surface area (Å²) in [5.41, 5.74) is 1.12. The fraction of sp³-hybridized carbons (Fsp3) is 0.500. The summed E-state index contributed by atoms with van der Waals surface area (Å²) in [7, 11) is 0. The molecule has 2 aromatic rings. The number of benzene rings is 1. The van der Waals surface area contributed by atoms with E-state index >= 15 is 0 Å². The number of halogens is 1. The van der Waals surface area contributed by atoms with Crippen LogP contribution in [0, 0.1) is 11.7 Å². The predicted molar refractivity (Wildman–Crippen MR) is 70.4 cm³/mol. The van der Waals surface area contributed by atoms with Crippen molar-refractivity contribution in [3.05, 3.63) is 24.0 Å². The van der Waals surface area contributed by atoms with E-state index in [0.717, 1.165) is 25.7 Å². The lowest BCUT2D eigenvalue weighted by Gasteiger charge is -2.27. The largest absolute Gasteiger partial charge is 0.424 e. The van der Waals surface area contributed by atoms with Crippen molar-refractivity contribution in [3.8, 4) is 0 Å². The van der Waals surface area contributed by atoms with E-state index in [0.29, 0.717) is 29.1 Å². The van der Waals surface area contributed by atoms with Crippen molar-refractivity contribution in [1.82, 2.24) is 4.98 Å². The molecule has 5 heteroatoms. The highest BCUT2D eigenvalue weighted by Crippen LogP contribution is 2.27. The number of hydrogen-bond donors (Lipinski definition) is 2. The minimum absolute atomic E-state index is 0.273. The average Bonchev–Trinajstić information content (AvgIpc) is 2.81. The number of aromatic nitrogens is 1. The van der Waals surface area contributed by atoms with Gasteiger partial charge in [0, 0.05) is 18.7 Å². The summed E-state index contributed by atoms with van der Waals surface area (Å²) >= 11 is 0. The van der Waals surface area contributed by atoms with Crippen LogP contribution >= 0.6 is 0 Å². The zero-order valence-electron chi connectivity index (χ0n) is 10.6. The van der Waals surface area contributed by atoms with Crippen molar-refractivity contribution >= 4 is 17.1 Å². The summed E-state index contributed by atoms with van der Waals surface area (Å²) in [6.45, 7) is 0.273. The molecule has 4 nitrogen and oxygen atoms in total. The Labute approximate surface area is 110 Å². The van der Waals surface area contributed by atoms with E-state index in [1.165, 1.54) is 12.1 Å². The minimum atomic E-state index is -0.309. The molecule has 19 heavy (non-hydrogen) atoms. The number of fused-ring (bicyclic) bond motifs is 1. The van der Waals surface area contributed by atoms with Crippen molar-refractivity contribution in [3.63, 3.8) is 0 Å². The van der Waals surface area contributed by atoms with E-state index in [9.17, 15) is 4.39 Å². The van der Waals surface area contributed by atoms with Gasteiger partial charge in [-0.2, -0.15) is 4.98 Å². The molecule has 0 spiro atoms. The fourth-order valence-corrected chi connectivity index (χ4v) is 2.63. The lowest BCUT2D eigenvalue weighted by Crippen LogP contribution is -2.27. The minimum Gasteiger partial charge on any atom is -0.424 e. The number of anilines is 1. The van der Waals surface area contributed by atoms with Crippen molar-refractivity contribution in [2.75, 3.05) is 11.9 Å². The Morgan fingerprint density at radius 2 is 2.11 bits per heavy atom. The molecule has 0 aliphatic heterocycles. The lowest BCUT2D eigenvalue weighted by atomic mass is 9.87. The number of oxazole rings is 1. The Balaban J connectivity index is 1.68. The molecule has 1 aromatic heterocycles. The SMILES string of the molecule is OCC1CCC(Nc2nc3cc(F)ccc3o2)CC1. The molecular weight excluding hydrogens is 247 g/mol. The van der Waals surface area contributed by atoms with Crippen LogP contribution in [-0.2, 0) is 0 Å². The second-order valence-corrected chi connectivity index (χ2v) is 5.18. The first-order chi connectivity index (χ1) is 9.24. The van der Waals surface area contributed by atoms with Crippen molar-refractivity contribution in [2.24, 2.45) is 5.92 Å². The van der Waals surface area contributed by atoms with E-state index in [4.69, 9.17) is 9.52 Å². The molecule has 1 aliphatic rings. The van der Waals surface area contributed by atoms with Crippen LogP contribution in [0.5, 0.6) is 0 Å². The molecule has 1 aromatic carbocycles. The number of rotatable bonds is 3. The number of hydrogen-bond acceptors (Lipinski definition) is 4. The molecule has 2 N–H and O–H groups in total. The van der Waals surface area contributed by atoms with Crippen LogP contribution < -0.4 is 5.32 Å². The van der Waals surface area contributed by atoms with Crippen LogP contribution in [-0.4, -0.2) is 22.7 Å². The van der Waals surface area contributed by atoms with Crippen LogP contribution in [0.3, 0.4) is 0 Å². The third kappa shape index (κ3) is 2.71. The summed E-state index contributed by atoms with van der Waals surface area (Å²) in [5.74, 6) is 0.117. The second-order valence-electron chi connectivity index (χ2n) is 5.18.